The molecule has 5 heteroatoms. The number of carbonyl (C=O) groups is 2. The summed E-state index contributed by atoms with van der Waals surface area (Å²) in [6.45, 7) is 1.99. The number of dihydropyridines is 1. The number of carbonyl (C=O) groups excluding carboxylic acids is 2. The Morgan fingerprint density at radius 2 is 1.83 bits per heavy atom. The lowest BCUT2D eigenvalue weighted by Gasteiger charge is -2.34. The summed E-state index contributed by atoms with van der Waals surface area (Å²) in [5.41, 5.74) is 3.60. The Kier molecular flexibility index (Phi) is 5.79. The molecule has 2 aromatic rings. The van der Waals surface area contributed by atoms with Gasteiger partial charge in [-0.25, -0.2) is 9.18 Å². The normalized spacial score (nSPS) is 18.7. The summed E-state index contributed by atoms with van der Waals surface area (Å²) in [7, 11) is 0. The summed E-state index contributed by atoms with van der Waals surface area (Å²) in [4.78, 5) is 25.9. The topological polar surface area (TPSA) is 55.4 Å². The summed E-state index contributed by atoms with van der Waals surface area (Å²) in [6.07, 6.45) is 2.45. The summed E-state index contributed by atoms with van der Waals surface area (Å²) in [5, 5.41) is 3.22. The number of allylic oxidation sites excluding steroid dienone is 3. The summed E-state index contributed by atoms with van der Waals surface area (Å²) < 4.78 is 20.3. The third kappa shape index (κ3) is 3.92. The van der Waals surface area contributed by atoms with Gasteiger partial charge in [-0.3, -0.25) is 4.79 Å². The zero-order valence-corrected chi connectivity index (χ0v) is 16.9. The number of benzene rings is 2. The first-order valence-electron chi connectivity index (χ1n) is 10.3. The van der Waals surface area contributed by atoms with Gasteiger partial charge in [0.25, 0.3) is 0 Å². The van der Waals surface area contributed by atoms with Gasteiger partial charge >= 0.3 is 5.97 Å². The molecule has 4 rings (SSSR count). The number of ether oxygens (including phenoxy) is 1. The third-order valence-corrected chi connectivity index (χ3v) is 5.68. The van der Waals surface area contributed by atoms with Crippen LogP contribution in [0, 0.1) is 5.82 Å². The number of halogens is 1. The molecular weight excluding hydrogens is 381 g/mol. The molecular formula is C25H24FNO3. The van der Waals surface area contributed by atoms with E-state index in [1.807, 2.05) is 30.3 Å². The van der Waals surface area contributed by atoms with Crippen molar-refractivity contribution in [3.8, 4) is 0 Å². The van der Waals surface area contributed by atoms with Crippen LogP contribution in [0.4, 0.5) is 4.39 Å². The first-order chi connectivity index (χ1) is 14.6. The molecule has 0 unspecified atom stereocenters. The van der Waals surface area contributed by atoms with Crippen molar-refractivity contribution < 1.29 is 18.7 Å². The highest BCUT2D eigenvalue weighted by Crippen LogP contribution is 2.43. The lowest BCUT2D eigenvalue weighted by Crippen LogP contribution is -2.34. The number of rotatable bonds is 5. The van der Waals surface area contributed by atoms with E-state index in [2.05, 4.69) is 5.32 Å². The fourth-order valence-corrected chi connectivity index (χ4v) is 4.26. The molecule has 1 heterocycles. The highest BCUT2D eigenvalue weighted by molar-refractivity contribution is 6.03. The first kappa shape index (κ1) is 20.1. The van der Waals surface area contributed by atoms with Gasteiger partial charge in [-0.2, -0.15) is 0 Å². The molecule has 0 radical (unpaired) electrons. The lowest BCUT2D eigenvalue weighted by molar-refractivity contribution is -0.139. The Hall–Kier alpha value is -3.21. The Bertz CT molecular complexity index is 1040. The van der Waals surface area contributed by atoms with E-state index >= 15 is 0 Å². The minimum atomic E-state index is -0.750. The van der Waals surface area contributed by atoms with Crippen LogP contribution >= 0.6 is 0 Å². The molecule has 2 aliphatic rings. The highest BCUT2D eigenvalue weighted by Gasteiger charge is 2.40. The molecule has 0 saturated carbocycles. The molecule has 154 valence electrons. The van der Waals surface area contributed by atoms with E-state index in [4.69, 9.17) is 4.74 Å². The molecule has 0 fully saturated rings. The predicted octanol–water partition coefficient (Wildman–Crippen LogP) is 4.58. The fourth-order valence-electron chi connectivity index (χ4n) is 4.26. The SMILES string of the molecule is CC1=C(C(=O)OCCc2ccccc2)[C@@H](c2ccccc2F)C2=C(CCCC2=O)N1. The van der Waals surface area contributed by atoms with E-state index in [0.717, 1.165) is 17.7 Å². The Morgan fingerprint density at radius 1 is 1.10 bits per heavy atom. The van der Waals surface area contributed by atoms with Crippen LogP contribution in [0.3, 0.4) is 0 Å². The third-order valence-electron chi connectivity index (χ3n) is 5.68. The van der Waals surface area contributed by atoms with Gasteiger partial charge in [0.1, 0.15) is 5.82 Å². The Labute approximate surface area is 175 Å². The maximum absolute atomic E-state index is 14.8. The van der Waals surface area contributed by atoms with Gasteiger partial charge in [-0.05, 0) is 31.4 Å². The molecule has 1 aliphatic heterocycles. The van der Waals surface area contributed by atoms with Crippen LogP contribution in [-0.2, 0) is 20.7 Å². The van der Waals surface area contributed by atoms with Gasteiger partial charge in [0.15, 0.2) is 5.78 Å². The van der Waals surface area contributed by atoms with Crippen molar-refractivity contribution in [2.45, 2.75) is 38.5 Å². The van der Waals surface area contributed by atoms with Crippen LogP contribution < -0.4 is 5.32 Å². The van der Waals surface area contributed by atoms with E-state index in [-0.39, 0.29) is 12.4 Å². The molecule has 0 bridgehead atoms. The van der Waals surface area contributed by atoms with Crippen LogP contribution in [0.25, 0.3) is 0 Å². The van der Waals surface area contributed by atoms with Crippen molar-refractivity contribution in [2.24, 2.45) is 0 Å². The molecule has 0 aromatic heterocycles. The van der Waals surface area contributed by atoms with Crippen molar-refractivity contribution in [3.05, 3.63) is 94.1 Å². The van der Waals surface area contributed by atoms with Gasteiger partial charge in [0.2, 0.25) is 0 Å². The molecule has 4 nitrogen and oxygen atoms in total. The molecule has 2 aromatic carbocycles. The van der Waals surface area contributed by atoms with Crippen molar-refractivity contribution in [1.82, 2.24) is 5.32 Å². The zero-order chi connectivity index (χ0) is 21.1. The van der Waals surface area contributed by atoms with E-state index in [9.17, 15) is 14.0 Å². The molecule has 30 heavy (non-hydrogen) atoms. The van der Waals surface area contributed by atoms with Gasteiger partial charge in [-0.15, -0.1) is 0 Å². The smallest absolute Gasteiger partial charge is 0.336 e. The van der Waals surface area contributed by atoms with Gasteiger partial charge < -0.3 is 10.1 Å². The summed E-state index contributed by atoms with van der Waals surface area (Å²) in [5.74, 6) is -1.75. The first-order valence-corrected chi connectivity index (χ1v) is 10.3. The highest BCUT2D eigenvalue weighted by atomic mass is 19.1. The average Bonchev–Trinajstić information content (AvgIpc) is 2.74. The standard InChI is InChI=1S/C25H24FNO3/c1-16-22(25(29)30-15-14-17-8-3-2-4-9-17)23(18-10-5-6-11-19(18)26)24-20(27-16)12-7-13-21(24)28/h2-6,8-11,23,27H,7,12-15H2,1H3/t23-/m1/s1. The average molecular weight is 405 g/mol. The lowest BCUT2D eigenvalue weighted by atomic mass is 9.75. The summed E-state index contributed by atoms with van der Waals surface area (Å²) >= 11 is 0. The second kappa shape index (κ2) is 8.66. The van der Waals surface area contributed by atoms with E-state index < -0.39 is 17.7 Å². The molecule has 0 amide bonds. The van der Waals surface area contributed by atoms with Crippen LogP contribution in [0.5, 0.6) is 0 Å². The minimum absolute atomic E-state index is 0.0425. The second-order valence-electron chi connectivity index (χ2n) is 7.66. The number of ketones is 1. The number of hydrogen-bond donors (Lipinski definition) is 1. The molecule has 1 atom stereocenters. The minimum Gasteiger partial charge on any atom is -0.462 e. The van der Waals surface area contributed by atoms with Crippen molar-refractivity contribution in [2.75, 3.05) is 6.61 Å². The fraction of sp³-hybridized carbons (Fsp3) is 0.280. The van der Waals surface area contributed by atoms with Gasteiger partial charge in [-0.1, -0.05) is 48.5 Å². The summed E-state index contributed by atoms with van der Waals surface area (Å²) in [6, 6.07) is 16.1. The number of nitrogens with one attached hydrogen (secondary N) is 1. The van der Waals surface area contributed by atoms with E-state index in [1.54, 1.807) is 25.1 Å². The largest absolute Gasteiger partial charge is 0.462 e. The monoisotopic (exact) mass is 405 g/mol. The van der Waals surface area contributed by atoms with Crippen molar-refractivity contribution >= 4 is 11.8 Å². The molecule has 0 spiro atoms. The van der Waals surface area contributed by atoms with Crippen LogP contribution in [0.1, 0.15) is 43.2 Å². The van der Waals surface area contributed by atoms with Gasteiger partial charge in [0.05, 0.1) is 18.1 Å². The van der Waals surface area contributed by atoms with Crippen molar-refractivity contribution in [3.63, 3.8) is 0 Å². The maximum Gasteiger partial charge on any atom is 0.336 e. The van der Waals surface area contributed by atoms with Crippen LogP contribution in [-0.4, -0.2) is 18.4 Å². The van der Waals surface area contributed by atoms with E-state index in [0.29, 0.717) is 41.7 Å². The predicted molar refractivity (Wildman–Crippen MR) is 112 cm³/mol. The zero-order valence-electron chi connectivity index (χ0n) is 16.9. The number of esters is 1. The van der Waals surface area contributed by atoms with Crippen LogP contribution in [0.2, 0.25) is 0 Å². The Balaban J connectivity index is 1.65. The Morgan fingerprint density at radius 3 is 2.60 bits per heavy atom. The number of Topliss-reactive ketones (excluding diaryl/α,β-unsaturated/α-hetero) is 1. The van der Waals surface area contributed by atoms with Gasteiger partial charge in [0, 0.05) is 35.4 Å². The van der Waals surface area contributed by atoms with Crippen LogP contribution in [0.15, 0.2) is 77.1 Å². The maximum atomic E-state index is 14.8. The quantitative estimate of drug-likeness (QED) is 0.740. The number of hydrogen-bond acceptors (Lipinski definition) is 4. The second-order valence-corrected chi connectivity index (χ2v) is 7.66. The molecule has 1 N–H and O–H groups in total. The van der Waals surface area contributed by atoms with Crippen molar-refractivity contribution in [1.29, 1.82) is 0 Å². The molecule has 0 saturated heterocycles. The van der Waals surface area contributed by atoms with E-state index in [1.165, 1.54) is 6.07 Å². The molecule has 1 aliphatic carbocycles.